The number of nitrogens with zero attached hydrogens (tertiary/aromatic N) is 2. The number of hydrogen-bond acceptors (Lipinski definition) is 7. The molecule has 1 aromatic heterocycles. The van der Waals surface area contributed by atoms with E-state index >= 15 is 0 Å². The molecule has 2 rings (SSSR count). The van der Waals surface area contributed by atoms with Gasteiger partial charge >= 0.3 is 5.97 Å². The van der Waals surface area contributed by atoms with E-state index < -0.39 is 22.9 Å². The van der Waals surface area contributed by atoms with E-state index in [0.29, 0.717) is 10.6 Å². The maximum Gasteiger partial charge on any atom is 0.317 e. The second-order valence-electron chi connectivity index (χ2n) is 5.00. The molecule has 0 spiro atoms. The van der Waals surface area contributed by atoms with E-state index in [-0.39, 0.29) is 16.6 Å². The average Bonchev–Trinajstić information content (AvgIpc) is 2.62. The average molecular weight is 396 g/mol. The molecule has 0 aliphatic carbocycles. The standard InChI is InChI=1S/C16H14ClN3O5S/c1-10(16(22)19-13-3-2-8-18-15(13)17)25-14(21)9-26-12-6-4-11(5-7-12)20(23)24/h2-8,10H,9H2,1H3,(H,19,22)/t10-/m0/s1. The Balaban J connectivity index is 1.82. The number of aromatic nitrogens is 1. The fourth-order valence-electron chi connectivity index (χ4n) is 1.80. The van der Waals surface area contributed by atoms with Gasteiger partial charge in [-0.1, -0.05) is 11.6 Å². The highest BCUT2D eigenvalue weighted by Crippen LogP contribution is 2.22. The van der Waals surface area contributed by atoms with Crippen LogP contribution in [0.25, 0.3) is 0 Å². The van der Waals surface area contributed by atoms with Crippen molar-refractivity contribution in [3.05, 3.63) is 57.9 Å². The minimum Gasteiger partial charge on any atom is -0.452 e. The normalized spacial score (nSPS) is 11.5. The molecule has 0 aliphatic heterocycles. The van der Waals surface area contributed by atoms with Crippen molar-refractivity contribution in [3.63, 3.8) is 0 Å². The molecule has 10 heteroatoms. The van der Waals surface area contributed by atoms with Gasteiger partial charge in [-0.3, -0.25) is 19.7 Å². The molecule has 136 valence electrons. The molecule has 0 fully saturated rings. The summed E-state index contributed by atoms with van der Waals surface area (Å²) < 4.78 is 5.06. The lowest BCUT2D eigenvalue weighted by molar-refractivity contribution is -0.384. The predicted octanol–water partition coefficient (Wildman–Crippen LogP) is 3.31. The lowest BCUT2D eigenvalue weighted by Crippen LogP contribution is -2.30. The number of benzene rings is 1. The van der Waals surface area contributed by atoms with Crippen LogP contribution in [0.3, 0.4) is 0 Å². The molecule has 1 atom stereocenters. The summed E-state index contributed by atoms with van der Waals surface area (Å²) in [4.78, 5) is 38.5. The molecule has 8 nitrogen and oxygen atoms in total. The van der Waals surface area contributed by atoms with E-state index in [4.69, 9.17) is 16.3 Å². The molecule has 0 aliphatic rings. The number of nitrogens with one attached hydrogen (secondary N) is 1. The summed E-state index contributed by atoms with van der Waals surface area (Å²) in [6.07, 6.45) is 0.466. The van der Waals surface area contributed by atoms with Crippen LogP contribution >= 0.6 is 23.4 Å². The number of thioether (sulfide) groups is 1. The highest BCUT2D eigenvalue weighted by Gasteiger charge is 2.19. The van der Waals surface area contributed by atoms with Crippen molar-refractivity contribution in [2.24, 2.45) is 0 Å². The number of amides is 1. The topological polar surface area (TPSA) is 111 Å². The van der Waals surface area contributed by atoms with Crippen molar-refractivity contribution >= 4 is 46.6 Å². The van der Waals surface area contributed by atoms with Crippen LogP contribution in [0.15, 0.2) is 47.5 Å². The Bertz CT molecular complexity index is 816. The lowest BCUT2D eigenvalue weighted by Gasteiger charge is -2.13. The summed E-state index contributed by atoms with van der Waals surface area (Å²) in [5.74, 6) is -1.16. The Kier molecular flexibility index (Phi) is 6.93. The Morgan fingerprint density at radius 1 is 1.35 bits per heavy atom. The van der Waals surface area contributed by atoms with Gasteiger partial charge in [-0.05, 0) is 31.2 Å². The zero-order chi connectivity index (χ0) is 19.1. The van der Waals surface area contributed by atoms with Crippen LogP contribution in [0.5, 0.6) is 0 Å². The second-order valence-corrected chi connectivity index (χ2v) is 6.41. The van der Waals surface area contributed by atoms with Crippen LogP contribution in [0.4, 0.5) is 11.4 Å². The molecular weight excluding hydrogens is 382 g/mol. The van der Waals surface area contributed by atoms with E-state index in [1.807, 2.05) is 0 Å². The number of non-ortho nitro benzene ring substituents is 1. The summed E-state index contributed by atoms with van der Waals surface area (Å²) in [5, 5.41) is 13.2. The molecule has 0 radical (unpaired) electrons. The number of hydrogen-bond donors (Lipinski definition) is 1. The van der Waals surface area contributed by atoms with Crippen molar-refractivity contribution in [3.8, 4) is 0 Å². The zero-order valence-electron chi connectivity index (χ0n) is 13.5. The van der Waals surface area contributed by atoms with Crippen LogP contribution in [0.2, 0.25) is 5.15 Å². The Labute approximate surface area is 158 Å². The molecule has 26 heavy (non-hydrogen) atoms. The molecule has 0 bridgehead atoms. The van der Waals surface area contributed by atoms with E-state index in [9.17, 15) is 19.7 Å². The Hall–Kier alpha value is -2.65. The number of carbonyl (C=O) groups excluding carboxylic acids is 2. The smallest absolute Gasteiger partial charge is 0.317 e. The van der Waals surface area contributed by atoms with Gasteiger partial charge in [0.05, 0.1) is 16.4 Å². The third kappa shape index (κ3) is 5.71. The molecule has 1 N–H and O–H groups in total. The molecule has 1 amide bonds. The molecule has 0 unspecified atom stereocenters. The van der Waals surface area contributed by atoms with E-state index in [1.54, 1.807) is 12.1 Å². The third-order valence-electron chi connectivity index (χ3n) is 3.10. The largest absolute Gasteiger partial charge is 0.452 e. The number of carbonyl (C=O) groups is 2. The first-order valence-corrected chi connectivity index (χ1v) is 8.71. The minimum absolute atomic E-state index is 0.0312. The summed E-state index contributed by atoms with van der Waals surface area (Å²) in [6.45, 7) is 1.44. The fraction of sp³-hybridized carbons (Fsp3) is 0.188. The monoisotopic (exact) mass is 395 g/mol. The highest BCUT2D eigenvalue weighted by molar-refractivity contribution is 8.00. The van der Waals surface area contributed by atoms with E-state index in [1.165, 1.54) is 37.4 Å². The summed E-state index contributed by atoms with van der Waals surface area (Å²) in [5.41, 5.74) is 0.290. The van der Waals surface area contributed by atoms with Crippen LogP contribution in [0, 0.1) is 10.1 Å². The Morgan fingerprint density at radius 2 is 2.04 bits per heavy atom. The van der Waals surface area contributed by atoms with Crippen LogP contribution in [-0.2, 0) is 14.3 Å². The van der Waals surface area contributed by atoms with E-state index in [2.05, 4.69) is 10.3 Å². The predicted molar refractivity (Wildman–Crippen MR) is 97.3 cm³/mol. The first-order chi connectivity index (χ1) is 12.4. The van der Waals surface area contributed by atoms with Crippen molar-refractivity contribution in [1.29, 1.82) is 0 Å². The van der Waals surface area contributed by atoms with Crippen molar-refractivity contribution in [2.45, 2.75) is 17.9 Å². The van der Waals surface area contributed by atoms with Gasteiger partial charge in [-0.2, -0.15) is 0 Å². The number of halogens is 1. The number of rotatable bonds is 7. The first kappa shape index (κ1) is 19.7. The van der Waals surface area contributed by atoms with Gasteiger partial charge in [-0.25, -0.2) is 4.98 Å². The van der Waals surface area contributed by atoms with Crippen LogP contribution in [-0.4, -0.2) is 33.6 Å². The maximum atomic E-state index is 12.0. The van der Waals surface area contributed by atoms with Gasteiger partial charge in [0.25, 0.3) is 11.6 Å². The Morgan fingerprint density at radius 3 is 2.65 bits per heavy atom. The quantitative estimate of drug-likeness (QED) is 0.251. The number of pyridine rings is 1. The number of ether oxygens (including phenoxy) is 1. The van der Waals surface area contributed by atoms with Gasteiger partial charge in [0.2, 0.25) is 0 Å². The minimum atomic E-state index is -1.02. The number of nitro groups is 1. The molecule has 1 heterocycles. The molecule has 0 saturated carbocycles. The lowest BCUT2D eigenvalue weighted by atomic mass is 10.3. The summed E-state index contributed by atoms with van der Waals surface area (Å²) >= 11 is 7.00. The molecule has 2 aromatic rings. The van der Waals surface area contributed by atoms with Gasteiger partial charge in [-0.15, -0.1) is 11.8 Å². The van der Waals surface area contributed by atoms with Crippen molar-refractivity contribution in [1.82, 2.24) is 4.98 Å². The molecular formula is C16H14ClN3O5S. The SMILES string of the molecule is C[C@H](OC(=O)CSc1ccc([N+](=O)[O-])cc1)C(=O)Nc1cccnc1Cl. The number of esters is 1. The highest BCUT2D eigenvalue weighted by atomic mass is 35.5. The van der Waals surface area contributed by atoms with Crippen molar-refractivity contribution in [2.75, 3.05) is 11.1 Å². The number of nitro benzene ring substituents is 1. The van der Waals surface area contributed by atoms with Gasteiger partial charge in [0.15, 0.2) is 11.3 Å². The van der Waals surface area contributed by atoms with Crippen molar-refractivity contribution < 1.29 is 19.2 Å². The van der Waals surface area contributed by atoms with Crippen LogP contribution in [0.1, 0.15) is 6.92 Å². The second kappa shape index (κ2) is 9.16. The number of anilines is 1. The molecule has 1 aromatic carbocycles. The van der Waals surface area contributed by atoms with Gasteiger partial charge < -0.3 is 10.1 Å². The third-order valence-corrected chi connectivity index (χ3v) is 4.39. The first-order valence-electron chi connectivity index (χ1n) is 7.35. The van der Waals surface area contributed by atoms with Crippen LogP contribution < -0.4 is 5.32 Å². The van der Waals surface area contributed by atoms with Gasteiger partial charge in [0, 0.05) is 23.2 Å². The summed E-state index contributed by atoms with van der Waals surface area (Å²) in [6, 6.07) is 8.96. The van der Waals surface area contributed by atoms with E-state index in [0.717, 1.165) is 11.8 Å². The fourth-order valence-corrected chi connectivity index (χ4v) is 2.65. The molecule has 0 saturated heterocycles. The zero-order valence-corrected chi connectivity index (χ0v) is 15.1. The maximum absolute atomic E-state index is 12.0. The summed E-state index contributed by atoms with van der Waals surface area (Å²) in [7, 11) is 0. The van der Waals surface area contributed by atoms with Gasteiger partial charge in [0.1, 0.15) is 0 Å².